The van der Waals surface area contributed by atoms with Crippen molar-refractivity contribution in [1.29, 1.82) is 0 Å². The molecule has 184 valence electrons. The second-order valence-corrected chi connectivity index (χ2v) is 11.5. The highest BCUT2D eigenvalue weighted by atomic mass is 32.2. The Morgan fingerprint density at radius 1 is 1.03 bits per heavy atom. The molecule has 2 fully saturated rings. The summed E-state index contributed by atoms with van der Waals surface area (Å²) in [5.41, 5.74) is 9.10. The lowest BCUT2D eigenvalue weighted by molar-refractivity contribution is -0.135. The van der Waals surface area contributed by atoms with Crippen molar-refractivity contribution in [1.82, 2.24) is 20.1 Å². The summed E-state index contributed by atoms with van der Waals surface area (Å²) < 4.78 is 27.3. The molecular weight excluding hydrogens is 448 g/mol. The Labute approximate surface area is 203 Å². The minimum Gasteiger partial charge on any atom is -0.346 e. The summed E-state index contributed by atoms with van der Waals surface area (Å²) in [6, 6.07) is 18.1. The summed E-state index contributed by atoms with van der Waals surface area (Å²) in [6.45, 7) is 3.43. The normalized spacial score (nSPS) is 22.1. The fourth-order valence-corrected chi connectivity index (χ4v) is 6.38. The molecule has 2 N–H and O–H groups in total. The van der Waals surface area contributed by atoms with Gasteiger partial charge < -0.3 is 4.90 Å². The van der Waals surface area contributed by atoms with Crippen LogP contribution in [0.4, 0.5) is 0 Å². The first-order valence-electron chi connectivity index (χ1n) is 12.2. The van der Waals surface area contributed by atoms with Gasteiger partial charge in [-0.1, -0.05) is 48.0 Å². The molecule has 2 aliphatic rings. The fraction of sp³-hybridized carbons (Fsp3) is 0.500. The maximum atomic E-state index is 13.0. The van der Waals surface area contributed by atoms with Crippen LogP contribution in [0.25, 0.3) is 0 Å². The van der Waals surface area contributed by atoms with E-state index in [1.165, 1.54) is 9.87 Å². The van der Waals surface area contributed by atoms with Crippen molar-refractivity contribution in [3.63, 3.8) is 0 Å². The highest BCUT2D eigenvalue weighted by Crippen LogP contribution is 2.26. The van der Waals surface area contributed by atoms with Crippen LogP contribution in [0.3, 0.4) is 0 Å². The molecule has 1 amide bonds. The van der Waals surface area contributed by atoms with Crippen LogP contribution in [0.2, 0.25) is 0 Å². The Bertz CT molecular complexity index is 1050. The van der Waals surface area contributed by atoms with Crippen LogP contribution in [0.1, 0.15) is 49.3 Å². The van der Waals surface area contributed by atoms with Gasteiger partial charge in [-0.05, 0) is 56.7 Å². The number of hydrogen-bond acceptors (Lipinski definition) is 5. The minimum absolute atomic E-state index is 0.108. The van der Waals surface area contributed by atoms with E-state index in [2.05, 4.69) is 35.1 Å². The number of aryl methyl sites for hydroxylation is 1. The van der Waals surface area contributed by atoms with Gasteiger partial charge in [-0.2, -0.15) is 4.31 Å². The van der Waals surface area contributed by atoms with Gasteiger partial charge in [0.25, 0.3) is 0 Å². The molecule has 0 bridgehead atoms. The number of benzene rings is 2. The van der Waals surface area contributed by atoms with Gasteiger partial charge in [-0.25, -0.2) is 8.42 Å². The van der Waals surface area contributed by atoms with Gasteiger partial charge in [0.05, 0.1) is 4.90 Å². The third-order valence-corrected chi connectivity index (χ3v) is 8.98. The maximum absolute atomic E-state index is 13.0. The lowest BCUT2D eigenvalue weighted by Crippen LogP contribution is -2.43. The summed E-state index contributed by atoms with van der Waals surface area (Å²) >= 11 is 0. The van der Waals surface area contributed by atoms with E-state index in [0.29, 0.717) is 42.9 Å². The van der Waals surface area contributed by atoms with Gasteiger partial charge in [0.1, 0.15) is 0 Å². The molecule has 2 aromatic rings. The first-order chi connectivity index (χ1) is 16.3. The zero-order valence-corrected chi connectivity index (χ0v) is 20.9. The monoisotopic (exact) mass is 484 g/mol. The lowest BCUT2D eigenvalue weighted by atomic mass is 9.96. The smallest absolute Gasteiger partial charge is 0.243 e. The van der Waals surface area contributed by atoms with E-state index in [0.717, 1.165) is 31.4 Å². The highest BCUT2D eigenvalue weighted by molar-refractivity contribution is 7.89. The van der Waals surface area contributed by atoms with Crippen LogP contribution in [0.15, 0.2) is 59.5 Å². The predicted octanol–water partition coefficient (Wildman–Crippen LogP) is 3.24. The van der Waals surface area contributed by atoms with Gasteiger partial charge in [-0.3, -0.25) is 15.6 Å². The Hall–Kier alpha value is -2.26. The molecule has 2 heterocycles. The van der Waals surface area contributed by atoms with E-state index >= 15 is 0 Å². The SMILES string of the molecule is Cc1ccc(S(=O)(=O)N2CCC(C(=O)N(C)CCCC3CC(c4ccccc4)NN3)CC2)cc1. The van der Waals surface area contributed by atoms with Gasteiger partial charge in [0.2, 0.25) is 15.9 Å². The Balaban J connectivity index is 1.19. The van der Waals surface area contributed by atoms with Crippen molar-refractivity contribution >= 4 is 15.9 Å². The minimum atomic E-state index is -3.50. The predicted molar refractivity (Wildman–Crippen MR) is 133 cm³/mol. The zero-order chi connectivity index (χ0) is 24.1. The molecule has 8 heteroatoms. The van der Waals surface area contributed by atoms with Gasteiger partial charge in [-0.15, -0.1) is 0 Å². The summed E-state index contributed by atoms with van der Waals surface area (Å²) in [5, 5.41) is 0. The Morgan fingerprint density at radius 3 is 2.38 bits per heavy atom. The number of amides is 1. The Kier molecular flexibility index (Phi) is 8.03. The fourth-order valence-electron chi connectivity index (χ4n) is 4.91. The molecule has 2 unspecified atom stereocenters. The highest BCUT2D eigenvalue weighted by Gasteiger charge is 2.33. The standard InChI is InChI=1S/C26H36N4O3S/c1-20-10-12-24(13-11-20)34(32,33)30-17-14-22(15-18-30)26(31)29(2)16-6-9-23-19-25(28-27-23)21-7-4-3-5-8-21/h3-5,7-8,10-13,22-23,25,27-28H,6,9,14-19H2,1-2H3. The molecule has 0 radical (unpaired) electrons. The van der Waals surface area contributed by atoms with E-state index in [1.54, 1.807) is 12.1 Å². The van der Waals surface area contributed by atoms with Crippen molar-refractivity contribution in [2.75, 3.05) is 26.7 Å². The second-order valence-electron chi connectivity index (χ2n) is 9.58. The Morgan fingerprint density at radius 2 is 1.71 bits per heavy atom. The average Bonchev–Trinajstić information content (AvgIpc) is 3.33. The summed E-state index contributed by atoms with van der Waals surface area (Å²) in [6.07, 6.45) is 4.11. The summed E-state index contributed by atoms with van der Waals surface area (Å²) in [4.78, 5) is 15.1. The van der Waals surface area contributed by atoms with Crippen LogP contribution < -0.4 is 10.9 Å². The van der Waals surface area contributed by atoms with Crippen molar-refractivity contribution in [3.8, 4) is 0 Å². The molecular formula is C26H36N4O3S. The number of nitrogens with one attached hydrogen (secondary N) is 2. The van der Waals surface area contributed by atoms with E-state index in [4.69, 9.17) is 0 Å². The molecule has 2 atom stereocenters. The van der Waals surface area contributed by atoms with Gasteiger partial charge in [0, 0.05) is 44.7 Å². The van der Waals surface area contributed by atoms with E-state index in [9.17, 15) is 13.2 Å². The lowest BCUT2D eigenvalue weighted by Gasteiger charge is -2.32. The molecule has 7 nitrogen and oxygen atoms in total. The number of hydrazine groups is 1. The van der Waals surface area contributed by atoms with Crippen LogP contribution in [-0.4, -0.2) is 56.3 Å². The van der Waals surface area contributed by atoms with Gasteiger partial charge in [0.15, 0.2) is 0 Å². The van der Waals surface area contributed by atoms with Crippen LogP contribution in [0.5, 0.6) is 0 Å². The van der Waals surface area contributed by atoms with E-state index in [1.807, 2.05) is 37.1 Å². The topological polar surface area (TPSA) is 81.8 Å². The largest absolute Gasteiger partial charge is 0.346 e. The van der Waals surface area contributed by atoms with E-state index < -0.39 is 10.0 Å². The number of rotatable bonds is 8. The third kappa shape index (κ3) is 5.86. The van der Waals surface area contributed by atoms with Crippen molar-refractivity contribution in [2.24, 2.45) is 5.92 Å². The molecule has 0 saturated carbocycles. The molecule has 0 aliphatic carbocycles. The number of carbonyl (C=O) groups excluding carboxylic acids is 1. The summed E-state index contributed by atoms with van der Waals surface area (Å²) in [5.74, 6) is 0.0234. The van der Waals surface area contributed by atoms with Crippen LogP contribution in [-0.2, 0) is 14.8 Å². The van der Waals surface area contributed by atoms with Crippen LogP contribution in [0, 0.1) is 12.8 Å². The van der Waals surface area contributed by atoms with Crippen LogP contribution >= 0.6 is 0 Å². The molecule has 34 heavy (non-hydrogen) atoms. The molecule has 4 rings (SSSR count). The number of hydrogen-bond donors (Lipinski definition) is 2. The van der Waals surface area contributed by atoms with Gasteiger partial charge >= 0.3 is 0 Å². The second kappa shape index (κ2) is 11.0. The quantitative estimate of drug-likeness (QED) is 0.601. The number of carbonyl (C=O) groups is 1. The first kappa shape index (κ1) is 24.9. The number of sulfonamides is 1. The molecule has 2 aliphatic heterocycles. The molecule has 2 saturated heterocycles. The summed E-state index contributed by atoms with van der Waals surface area (Å²) in [7, 11) is -1.64. The maximum Gasteiger partial charge on any atom is 0.243 e. The third-order valence-electron chi connectivity index (χ3n) is 7.07. The molecule has 2 aromatic carbocycles. The first-order valence-corrected chi connectivity index (χ1v) is 13.7. The number of nitrogens with zero attached hydrogens (tertiary/aromatic N) is 2. The average molecular weight is 485 g/mol. The zero-order valence-electron chi connectivity index (χ0n) is 20.1. The van der Waals surface area contributed by atoms with E-state index in [-0.39, 0.29) is 11.8 Å². The van der Waals surface area contributed by atoms with Crippen molar-refractivity contribution in [3.05, 3.63) is 65.7 Å². The molecule has 0 spiro atoms. The van der Waals surface area contributed by atoms with Crippen molar-refractivity contribution in [2.45, 2.75) is 56.0 Å². The molecule has 0 aromatic heterocycles. The number of piperidine rings is 1. The van der Waals surface area contributed by atoms with Crippen molar-refractivity contribution < 1.29 is 13.2 Å².